The molecule has 28 heavy (non-hydrogen) atoms. The second-order valence-electron chi connectivity index (χ2n) is 8.08. The highest BCUT2D eigenvalue weighted by atomic mass is 16.8. The first-order chi connectivity index (χ1) is 13.2. The van der Waals surface area contributed by atoms with Gasteiger partial charge < -0.3 is 28.4 Å². The van der Waals surface area contributed by atoms with Gasteiger partial charge >= 0.3 is 5.97 Å². The first-order valence-electron chi connectivity index (χ1n) is 9.49. The molecule has 0 N–H and O–H groups in total. The lowest BCUT2D eigenvalue weighted by Gasteiger charge is -2.28. The van der Waals surface area contributed by atoms with Crippen LogP contribution in [0.5, 0.6) is 0 Å². The highest BCUT2D eigenvalue weighted by Crippen LogP contribution is 2.42. The fraction of sp³-hybridized carbons (Fsp3) is 0.571. The molecule has 7 nitrogen and oxygen atoms in total. The van der Waals surface area contributed by atoms with E-state index in [0.717, 1.165) is 5.56 Å². The smallest absolute Gasteiger partial charge is 0.331 e. The summed E-state index contributed by atoms with van der Waals surface area (Å²) in [5.74, 6) is -2.00. The summed E-state index contributed by atoms with van der Waals surface area (Å²) in [5, 5.41) is 0. The molecule has 3 fully saturated rings. The Labute approximate surface area is 164 Å². The zero-order valence-corrected chi connectivity index (χ0v) is 16.5. The molecule has 3 aliphatic heterocycles. The topological polar surface area (TPSA) is 72.5 Å². The van der Waals surface area contributed by atoms with Crippen molar-refractivity contribution in [1.29, 1.82) is 0 Å². The molecule has 0 saturated carbocycles. The summed E-state index contributed by atoms with van der Waals surface area (Å²) in [6.45, 7) is 7.62. The van der Waals surface area contributed by atoms with E-state index < -0.39 is 42.1 Å². The van der Waals surface area contributed by atoms with Crippen LogP contribution in [0.2, 0.25) is 0 Å². The molecule has 0 amide bonds. The normalized spacial score (nSPS) is 35.9. The van der Waals surface area contributed by atoms with Crippen molar-refractivity contribution in [2.45, 2.75) is 70.0 Å². The van der Waals surface area contributed by atoms with Gasteiger partial charge in [-0.2, -0.15) is 0 Å². The van der Waals surface area contributed by atoms with Crippen molar-refractivity contribution >= 4 is 12.0 Å². The quantitative estimate of drug-likeness (QED) is 0.578. The average Bonchev–Trinajstić information content (AvgIpc) is 3.24. The maximum absolute atomic E-state index is 12.5. The van der Waals surface area contributed by atoms with Gasteiger partial charge in [-0.1, -0.05) is 30.3 Å². The zero-order valence-electron chi connectivity index (χ0n) is 16.5. The molecule has 3 aliphatic rings. The van der Waals surface area contributed by atoms with Crippen molar-refractivity contribution in [3.8, 4) is 0 Å². The van der Waals surface area contributed by atoms with Crippen LogP contribution in [0.25, 0.3) is 6.08 Å². The highest BCUT2D eigenvalue weighted by molar-refractivity contribution is 5.87. The van der Waals surface area contributed by atoms with Crippen LogP contribution >= 0.6 is 0 Å². The first kappa shape index (κ1) is 19.5. The maximum Gasteiger partial charge on any atom is 0.331 e. The summed E-state index contributed by atoms with van der Waals surface area (Å²) in [5.41, 5.74) is 0.910. The molecule has 0 bridgehead atoms. The molecule has 5 atom stereocenters. The molecule has 1 aromatic carbocycles. The summed E-state index contributed by atoms with van der Waals surface area (Å²) < 4.78 is 35.1. The molecule has 0 aliphatic carbocycles. The Morgan fingerprint density at radius 1 is 1.04 bits per heavy atom. The Kier molecular flexibility index (Phi) is 5.05. The highest BCUT2D eigenvalue weighted by Gasteiger charge is 2.59. The second kappa shape index (κ2) is 7.24. The van der Waals surface area contributed by atoms with Crippen molar-refractivity contribution in [1.82, 2.24) is 0 Å². The third-order valence-electron chi connectivity index (χ3n) is 4.89. The second-order valence-corrected chi connectivity index (χ2v) is 8.08. The molecule has 7 heteroatoms. The van der Waals surface area contributed by atoms with Gasteiger partial charge in [0, 0.05) is 6.08 Å². The number of esters is 1. The van der Waals surface area contributed by atoms with Crippen LogP contribution in [-0.2, 0) is 33.2 Å². The summed E-state index contributed by atoms with van der Waals surface area (Å²) in [7, 11) is 0. The summed E-state index contributed by atoms with van der Waals surface area (Å²) >= 11 is 0. The summed E-state index contributed by atoms with van der Waals surface area (Å²) in [6.07, 6.45) is 0.371. The number of carbonyl (C=O) groups is 1. The van der Waals surface area contributed by atoms with E-state index in [1.807, 2.05) is 44.2 Å². The molecule has 3 saturated heterocycles. The van der Waals surface area contributed by atoms with Crippen LogP contribution in [0, 0.1) is 0 Å². The Balaban J connectivity index is 1.48. The third kappa shape index (κ3) is 4.14. The van der Waals surface area contributed by atoms with Gasteiger partial charge in [-0.3, -0.25) is 0 Å². The van der Waals surface area contributed by atoms with Crippen LogP contribution in [0.3, 0.4) is 0 Å². The number of fused-ring (bicyclic) bond motifs is 1. The molecule has 4 rings (SSSR count). The van der Waals surface area contributed by atoms with Crippen molar-refractivity contribution in [3.63, 3.8) is 0 Å². The van der Waals surface area contributed by atoms with Crippen molar-refractivity contribution in [2.75, 3.05) is 6.61 Å². The lowest BCUT2D eigenvalue weighted by atomic mass is 10.1. The maximum atomic E-state index is 12.5. The fourth-order valence-corrected chi connectivity index (χ4v) is 3.72. The fourth-order valence-electron chi connectivity index (χ4n) is 3.72. The minimum atomic E-state index is -0.808. The van der Waals surface area contributed by atoms with Crippen LogP contribution in [0.15, 0.2) is 36.4 Å². The Bertz CT molecular complexity index is 742. The predicted molar refractivity (Wildman–Crippen MR) is 99.0 cm³/mol. The van der Waals surface area contributed by atoms with Crippen molar-refractivity contribution < 1.29 is 33.2 Å². The molecular formula is C21H26O7. The lowest BCUT2D eigenvalue weighted by Crippen LogP contribution is -2.45. The Hall–Kier alpha value is -1.77. The van der Waals surface area contributed by atoms with E-state index in [1.54, 1.807) is 19.9 Å². The zero-order chi connectivity index (χ0) is 19.9. The molecule has 0 spiro atoms. The number of ether oxygens (including phenoxy) is 6. The SMILES string of the molecule is CC1(C)O[C@@H]2O[C@H]([C@H]3COC(C)(C)O3)[C@H](OC(=O)/C=C/c3ccccc3)[C@@H]2O1. The number of carbonyl (C=O) groups excluding carboxylic acids is 1. The van der Waals surface area contributed by atoms with Gasteiger partial charge in [0.2, 0.25) is 0 Å². The van der Waals surface area contributed by atoms with E-state index in [1.165, 1.54) is 6.08 Å². The van der Waals surface area contributed by atoms with Crippen molar-refractivity contribution in [2.24, 2.45) is 0 Å². The number of hydrogen-bond donors (Lipinski definition) is 0. The van der Waals surface area contributed by atoms with Gasteiger partial charge in [0.25, 0.3) is 0 Å². The van der Waals surface area contributed by atoms with E-state index in [9.17, 15) is 4.79 Å². The van der Waals surface area contributed by atoms with Gasteiger partial charge in [0.15, 0.2) is 30.1 Å². The third-order valence-corrected chi connectivity index (χ3v) is 4.89. The van der Waals surface area contributed by atoms with Crippen LogP contribution in [0.1, 0.15) is 33.3 Å². The molecule has 0 aromatic heterocycles. The van der Waals surface area contributed by atoms with E-state index in [4.69, 9.17) is 28.4 Å². The molecular weight excluding hydrogens is 364 g/mol. The van der Waals surface area contributed by atoms with Gasteiger partial charge in [-0.15, -0.1) is 0 Å². The standard InChI is InChI=1S/C21H26O7/c1-20(2)23-12-14(26-20)16-17(18-19(25-16)28-21(3,4)27-18)24-15(22)11-10-13-8-6-5-7-9-13/h5-11,14,16-19H,12H2,1-4H3/b11-10+/t14-,16-,17+,18+,19+/m1/s1. The molecule has 0 unspecified atom stereocenters. The number of rotatable bonds is 4. The van der Waals surface area contributed by atoms with E-state index >= 15 is 0 Å². The van der Waals surface area contributed by atoms with E-state index in [2.05, 4.69) is 0 Å². The molecule has 3 heterocycles. The minimum absolute atomic E-state index is 0.342. The monoisotopic (exact) mass is 390 g/mol. The number of hydrogen-bond acceptors (Lipinski definition) is 7. The van der Waals surface area contributed by atoms with Crippen molar-refractivity contribution in [3.05, 3.63) is 42.0 Å². The summed E-state index contributed by atoms with van der Waals surface area (Å²) in [4.78, 5) is 12.5. The minimum Gasteiger partial charge on any atom is -0.453 e. The first-order valence-corrected chi connectivity index (χ1v) is 9.49. The van der Waals surface area contributed by atoms with Crippen LogP contribution in [0.4, 0.5) is 0 Å². The van der Waals surface area contributed by atoms with Crippen LogP contribution in [-0.4, -0.2) is 54.9 Å². The van der Waals surface area contributed by atoms with Gasteiger partial charge in [-0.25, -0.2) is 4.79 Å². The largest absolute Gasteiger partial charge is 0.453 e. The Morgan fingerprint density at radius 2 is 1.79 bits per heavy atom. The summed E-state index contributed by atoms with van der Waals surface area (Å²) in [6, 6.07) is 9.54. The molecule has 1 aromatic rings. The average molecular weight is 390 g/mol. The van der Waals surface area contributed by atoms with Crippen LogP contribution < -0.4 is 0 Å². The number of benzene rings is 1. The molecule has 0 radical (unpaired) electrons. The van der Waals surface area contributed by atoms with E-state index in [-0.39, 0.29) is 6.10 Å². The van der Waals surface area contributed by atoms with Gasteiger partial charge in [-0.05, 0) is 39.3 Å². The van der Waals surface area contributed by atoms with E-state index in [0.29, 0.717) is 6.61 Å². The Morgan fingerprint density at radius 3 is 2.46 bits per heavy atom. The molecule has 152 valence electrons. The predicted octanol–water partition coefficient (Wildman–Crippen LogP) is 2.64. The van der Waals surface area contributed by atoms with Gasteiger partial charge in [0.05, 0.1) is 6.61 Å². The van der Waals surface area contributed by atoms with Gasteiger partial charge in [0.1, 0.15) is 12.2 Å². The lowest BCUT2D eigenvalue weighted by molar-refractivity contribution is -0.234.